The van der Waals surface area contributed by atoms with Gasteiger partial charge < -0.3 is 0 Å². The van der Waals surface area contributed by atoms with Gasteiger partial charge in [-0.2, -0.15) is 0 Å². The first-order chi connectivity index (χ1) is 6.61. The molecule has 14 heavy (non-hydrogen) atoms. The molecule has 1 aliphatic rings. The van der Waals surface area contributed by atoms with E-state index in [1.165, 1.54) is 11.1 Å². The Balaban J connectivity index is 2.20. The molecule has 0 nitrogen and oxygen atoms in total. The van der Waals surface area contributed by atoms with Crippen molar-refractivity contribution in [3.63, 3.8) is 0 Å². The quantitative estimate of drug-likeness (QED) is 0.625. The van der Waals surface area contributed by atoms with Gasteiger partial charge in [0.25, 0.3) is 0 Å². The lowest BCUT2D eigenvalue weighted by Crippen LogP contribution is -2.39. The Hall–Kier alpha value is -0.780. The minimum Gasteiger partial charge on any atom is -0.0620 e. The van der Waals surface area contributed by atoms with Crippen LogP contribution in [0.2, 0.25) is 0 Å². The number of benzene rings is 1. The summed E-state index contributed by atoms with van der Waals surface area (Å²) in [5, 5.41) is 0. The van der Waals surface area contributed by atoms with Crippen molar-refractivity contribution < 1.29 is 0 Å². The van der Waals surface area contributed by atoms with Crippen molar-refractivity contribution in [2.75, 3.05) is 0 Å². The van der Waals surface area contributed by atoms with E-state index in [2.05, 4.69) is 52.0 Å². The predicted octanol–water partition coefficient (Wildman–Crippen LogP) is 4.00. The molecule has 0 amide bonds. The number of rotatable bonds is 1. The van der Waals surface area contributed by atoms with Gasteiger partial charge >= 0.3 is 0 Å². The lowest BCUT2D eigenvalue weighted by atomic mass is 9.57. The van der Waals surface area contributed by atoms with Gasteiger partial charge in [-0.05, 0) is 36.2 Å². The van der Waals surface area contributed by atoms with Crippen LogP contribution in [0.5, 0.6) is 0 Å². The highest BCUT2D eigenvalue weighted by Gasteiger charge is 2.42. The summed E-state index contributed by atoms with van der Waals surface area (Å²) in [6, 6.07) is 9.08. The second-order valence-electron chi connectivity index (χ2n) is 5.01. The third-order valence-electron chi connectivity index (χ3n) is 4.25. The zero-order chi connectivity index (χ0) is 10.3. The maximum atomic E-state index is 2.38. The Morgan fingerprint density at radius 3 is 1.79 bits per heavy atom. The first kappa shape index (κ1) is 9.76. The summed E-state index contributed by atoms with van der Waals surface area (Å²) in [5.41, 5.74) is 2.90. The van der Waals surface area contributed by atoms with Crippen molar-refractivity contribution in [3.8, 4) is 0 Å². The van der Waals surface area contributed by atoms with Gasteiger partial charge in [0.1, 0.15) is 0 Å². The van der Waals surface area contributed by atoms with Gasteiger partial charge in [-0.15, -0.1) is 0 Å². The molecule has 1 aromatic carbocycles. The Bertz CT molecular complexity index is 299. The van der Waals surface area contributed by atoms with E-state index in [0.717, 1.165) is 23.7 Å². The Morgan fingerprint density at radius 1 is 0.786 bits per heavy atom. The van der Waals surface area contributed by atoms with Crippen molar-refractivity contribution in [3.05, 3.63) is 35.4 Å². The molecule has 0 N–H and O–H groups in total. The minimum absolute atomic E-state index is 0.797. The SMILES string of the molecule is Cc1ccc(C2C(C)C(C)C2C)cc1. The van der Waals surface area contributed by atoms with Crippen LogP contribution in [0, 0.1) is 24.7 Å². The van der Waals surface area contributed by atoms with Crippen molar-refractivity contribution in [2.45, 2.75) is 33.6 Å². The molecule has 0 aliphatic heterocycles. The third kappa shape index (κ3) is 1.37. The van der Waals surface area contributed by atoms with Crippen molar-refractivity contribution in [1.29, 1.82) is 0 Å². The van der Waals surface area contributed by atoms with Crippen LogP contribution in [0.25, 0.3) is 0 Å². The van der Waals surface area contributed by atoms with E-state index in [1.807, 2.05) is 0 Å². The van der Waals surface area contributed by atoms with E-state index in [0.29, 0.717) is 0 Å². The molecule has 0 spiro atoms. The first-order valence-corrected chi connectivity index (χ1v) is 5.68. The molecule has 0 bridgehead atoms. The second-order valence-corrected chi connectivity index (χ2v) is 5.01. The molecular weight excluding hydrogens is 168 g/mol. The summed E-state index contributed by atoms with van der Waals surface area (Å²) in [6.07, 6.45) is 0. The standard InChI is InChI=1S/C14H20/c1-9-5-7-13(8-6-9)14-11(3)10(2)12(14)4/h5-8,10-12,14H,1-4H3. The van der Waals surface area contributed by atoms with E-state index in [4.69, 9.17) is 0 Å². The van der Waals surface area contributed by atoms with Gasteiger partial charge in [0.05, 0.1) is 0 Å². The molecule has 1 fully saturated rings. The second kappa shape index (κ2) is 3.42. The molecule has 1 aromatic rings. The highest BCUT2D eigenvalue weighted by Crippen LogP contribution is 2.51. The molecule has 1 aliphatic carbocycles. The van der Waals surface area contributed by atoms with Gasteiger partial charge in [-0.1, -0.05) is 50.6 Å². The van der Waals surface area contributed by atoms with Crippen molar-refractivity contribution in [1.82, 2.24) is 0 Å². The van der Waals surface area contributed by atoms with Gasteiger partial charge in [0, 0.05) is 0 Å². The molecule has 2 rings (SSSR count). The van der Waals surface area contributed by atoms with Gasteiger partial charge in [0.2, 0.25) is 0 Å². The van der Waals surface area contributed by atoms with Crippen LogP contribution in [-0.4, -0.2) is 0 Å². The van der Waals surface area contributed by atoms with Gasteiger partial charge in [0.15, 0.2) is 0 Å². The zero-order valence-electron chi connectivity index (χ0n) is 9.62. The monoisotopic (exact) mass is 188 g/mol. The maximum absolute atomic E-state index is 2.38. The Kier molecular flexibility index (Phi) is 2.38. The summed E-state index contributed by atoms with van der Waals surface area (Å²) >= 11 is 0. The normalized spacial score (nSPS) is 36.6. The van der Waals surface area contributed by atoms with Crippen LogP contribution < -0.4 is 0 Å². The van der Waals surface area contributed by atoms with E-state index in [1.54, 1.807) is 0 Å². The van der Waals surface area contributed by atoms with Crippen LogP contribution >= 0.6 is 0 Å². The van der Waals surface area contributed by atoms with Crippen LogP contribution in [0.4, 0.5) is 0 Å². The number of hydrogen-bond acceptors (Lipinski definition) is 0. The summed E-state index contributed by atoms with van der Waals surface area (Å²) in [5.74, 6) is 3.40. The van der Waals surface area contributed by atoms with E-state index in [-0.39, 0.29) is 0 Å². The summed E-state index contributed by atoms with van der Waals surface area (Å²) in [4.78, 5) is 0. The summed E-state index contributed by atoms with van der Waals surface area (Å²) in [7, 11) is 0. The Labute approximate surface area is 87.3 Å². The molecule has 2 atom stereocenters. The van der Waals surface area contributed by atoms with E-state index >= 15 is 0 Å². The molecule has 0 radical (unpaired) electrons. The zero-order valence-corrected chi connectivity index (χ0v) is 9.62. The van der Waals surface area contributed by atoms with Gasteiger partial charge in [-0.25, -0.2) is 0 Å². The predicted molar refractivity (Wildman–Crippen MR) is 61.4 cm³/mol. The molecule has 1 saturated carbocycles. The number of aryl methyl sites for hydroxylation is 1. The molecule has 76 valence electrons. The third-order valence-corrected chi connectivity index (χ3v) is 4.25. The highest BCUT2D eigenvalue weighted by molar-refractivity contribution is 5.28. The highest BCUT2D eigenvalue weighted by atomic mass is 14.5. The minimum atomic E-state index is 0.797. The fourth-order valence-corrected chi connectivity index (χ4v) is 2.86. The van der Waals surface area contributed by atoms with Crippen molar-refractivity contribution >= 4 is 0 Å². The summed E-state index contributed by atoms with van der Waals surface area (Å²) < 4.78 is 0. The molecule has 0 heteroatoms. The molecule has 0 saturated heterocycles. The van der Waals surface area contributed by atoms with Crippen LogP contribution in [0.3, 0.4) is 0 Å². The smallest absolute Gasteiger partial charge is 0.0105 e. The maximum Gasteiger partial charge on any atom is -0.0105 e. The van der Waals surface area contributed by atoms with Gasteiger partial charge in [-0.3, -0.25) is 0 Å². The first-order valence-electron chi connectivity index (χ1n) is 5.68. The lowest BCUT2D eigenvalue weighted by Gasteiger charge is -2.48. The fraction of sp³-hybridized carbons (Fsp3) is 0.571. The van der Waals surface area contributed by atoms with E-state index in [9.17, 15) is 0 Å². The fourth-order valence-electron chi connectivity index (χ4n) is 2.86. The average molecular weight is 188 g/mol. The molecule has 0 heterocycles. The average Bonchev–Trinajstić information content (AvgIpc) is 2.21. The van der Waals surface area contributed by atoms with Crippen LogP contribution in [0.1, 0.15) is 37.8 Å². The van der Waals surface area contributed by atoms with E-state index < -0.39 is 0 Å². The summed E-state index contributed by atoms with van der Waals surface area (Å²) in [6.45, 7) is 9.30. The Morgan fingerprint density at radius 2 is 1.29 bits per heavy atom. The molecule has 0 aromatic heterocycles. The number of hydrogen-bond donors (Lipinski definition) is 0. The van der Waals surface area contributed by atoms with Crippen LogP contribution in [-0.2, 0) is 0 Å². The lowest BCUT2D eigenvalue weighted by molar-refractivity contribution is 0.0756. The van der Waals surface area contributed by atoms with Crippen molar-refractivity contribution in [2.24, 2.45) is 17.8 Å². The van der Waals surface area contributed by atoms with Crippen LogP contribution in [0.15, 0.2) is 24.3 Å². The topological polar surface area (TPSA) is 0 Å². The molecule has 2 unspecified atom stereocenters. The largest absolute Gasteiger partial charge is 0.0620 e. The molecular formula is C14H20.